The summed E-state index contributed by atoms with van der Waals surface area (Å²) >= 11 is 0. The number of halogens is 2. The number of rotatable bonds is 6. The monoisotopic (exact) mass is 466 g/mol. The van der Waals surface area contributed by atoms with Gasteiger partial charge in [0.2, 0.25) is 0 Å². The molecular formula is C26H28F2N4O2. The largest absolute Gasteiger partial charge is 0.508 e. The van der Waals surface area contributed by atoms with E-state index in [-0.39, 0.29) is 12.0 Å². The maximum atomic E-state index is 13.8. The number of ether oxygens (including phenoxy) is 1. The quantitative estimate of drug-likeness (QED) is 0.397. The second kappa shape index (κ2) is 10.6. The maximum absolute atomic E-state index is 13.8. The van der Waals surface area contributed by atoms with Gasteiger partial charge >= 0.3 is 0 Å². The fourth-order valence-electron chi connectivity index (χ4n) is 4.02. The molecule has 4 aromatic rings. The maximum Gasteiger partial charge on any atom is 0.140 e. The molecule has 0 spiro atoms. The summed E-state index contributed by atoms with van der Waals surface area (Å²) in [6.45, 7) is 6.09. The Morgan fingerprint density at radius 1 is 1.09 bits per heavy atom. The van der Waals surface area contributed by atoms with Crippen LogP contribution in [0.25, 0.3) is 16.9 Å². The smallest absolute Gasteiger partial charge is 0.140 e. The number of phenols is 1. The Kier molecular flexibility index (Phi) is 7.40. The molecule has 2 N–H and O–H groups in total. The third-order valence-corrected chi connectivity index (χ3v) is 5.60. The van der Waals surface area contributed by atoms with Crippen molar-refractivity contribution < 1.29 is 18.6 Å². The van der Waals surface area contributed by atoms with Crippen molar-refractivity contribution in [2.75, 3.05) is 19.7 Å². The lowest BCUT2D eigenvalue weighted by Crippen LogP contribution is -2.26. The van der Waals surface area contributed by atoms with Crippen LogP contribution >= 0.6 is 0 Å². The first kappa shape index (κ1) is 23.7. The second-order valence-electron chi connectivity index (χ2n) is 7.78. The molecule has 0 aliphatic carbocycles. The van der Waals surface area contributed by atoms with E-state index < -0.39 is 11.6 Å². The Morgan fingerprint density at radius 3 is 2.50 bits per heavy atom. The van der Waals surface area contributed by atoms with Gasteiger partial charge in [0.15, 0.2) is 0 Å². The highest BCUT2D eigenvalue weighted by atomic mass is 19.1. The van der Waals surface area contributed by atoms with Crippen LogP contribution in [-0.2, 0) is 11.2 Å². The minimum atomic E-state index is -0.659. The van der Waals surface area contributed by atoms with Gasteiger partial charge in [-0.05, 0) is 42.3 Å². The lowest BCUT2D eigenvalue weighted by Gasteiger charge is -2.22. The van der Waals surface area contributed by atoms with E-state index in [4.69, 9.17) is 4.74 Å². The number of H-pyrrole nitrogens is 1. The zero-order valence-corrected chi connectivity index (χ0v) is 19.2. The molecule has 6 nitrogen and oxygen atoms in total. The molecule has 1 aliphatic heterocycles. The van der Waals surface area contributed by atoms with E-state index in [0.717, 1.165) is 42.3 Å². The van der Waals surface area contributed by atoms with E-state index in [1.165, 1.54) is 16.8 Å². The molecular weight excluding hydrogens is 438 g/mol. The van der Waals surface area contributed by atoms with Crippen LogP contribution in [0.4, 0.5) is 8.78 Å². The summed E-state index contributed by atoms with van der Waals surface area (Å²) < 4.78 is 35.2. The number of aromatic nitrogens is 3. The summed E-state index contributed by atoms with van der Waals surface area (Å²) in [5, 5.41) is 14.1. The summed E-state index contributed by atoms with van der Waals surface area (Å²) in [6.07, 6.45) is 5.88. The van der Waals surface area contributed by atoms with Crippen LogP contribution in [0.1, 0.15) is 31.2 Å². The molecule has 8 heteroatoms. The first-order chi connectivity index (χ1) is 16.6. The number of aromatic amines is 1. The summed E-state index contributed by atoms with van der Waals surface area (Å²) in [4.78, 5) is 5.25. The topological polar surface area (TPSA) is 66.3 Å². The average Bonchev–Trinajstić information content (AvgIpc) is 3.59. The Labute approximate surface area is 197 Å². The van der Waals surface area contributed by atoms with Crippen molar-refractivity contribution in [3.63, 3.8) is 0 Å². The van der Waals surface area contributed by atoms with E-state index in [9.17, 15) is 13.9 Å². The molecule has 1 unspecified atom stereocenters. The highest BCUT2D eigenvalue weighted by molar-refractivity contribution is 5.63. The first-order valence-electron chi connectivity index (χ1n) is 11.4. The number of hydrogen-bond donors (Lipinski definition) is 2. The highest BCUT2D eigenvalue weighted by Gasteiger charge is 2.31. The number of phenolic OH excluding ortho intramolecular Hbond substituents is 1. The van der Waals surface area contributed by atoms with Gasteiger partial charge in [-0.2, -0.15) is 5.10 Å². The Hall–Kier alpha value is -3.49. The van der Waals surface area contributed by atoms with Crippen molar-refractivity contribution in [2.45, 2.75) is 26.5 Å². The lowest BCUT2D eigenvalue weighted by atomic mass is 10.1. The second-order valence-corrected chi connectivity index (χ2v) is 7.78. The third-order valence-electron chi connectivity index (χ3n) is 5.60. The predicted octanol–water partition coefficient (Wildman–Crippen LogP) is 5.45. The van der Waals surface area contributed by atoms with E-state index in [0.29, 0.717) is 18.0 Å². The number of aromatic hydroxyl groups is 1. The molecule has 1 atom stereocenters. The summed E-state index contributed by atoms with van der Waals surface area (Å²) in [6, 6.07) is 12.4. The Balaban J connectivity index is 0.00000133. The summed E-state index contributed by atoms with van der Waals surface area (Å²) in [5.41, 5.74) is 3.81. The molecule has 0 bridgehead atoms. The number of benzene rings is 2. The molecule has 178 valence electrons. The van der Waals surface area contributed by atoms with Gasteiger partial charge in [0, 0.05) is 48.9 Å². The van der Waals surface area contributed by atoms with E-state index in [1.807, 2.05) is 38.2 Å². The summed E-state index contributed by atoms with van der Waals surface area (Å²) in [7, 11) is 0. The van der Waals surface area contributed by atoms with Gasteiger partial charge in [-0.1, -0.05) is 26.0 Å². The molecule has 0 amide bonds. The van der Waals surface area contributed by atoms with Gasteiger partial charge in [-0.3, -0.25) is 4.90 Å². The first-order valence-corrected chi connectivity index (χ1v) is 11.4. The lowest BCUT2D eigenvalue weighted by molar-refractivity contribution is 0.0336. The van der Waals surface area contributed by atoms with Gasteiger partial charge in [0.1, 0.15) is 29.3 Å². The fraction of sp³-hybridized carbons (Fsp3) is 0.269. The van der Waals surface area contributed by atoms with Crippen LogP contribution in [0.2, 0.25) is 0 Å². The molecule has 0 radical (unpaired) electrons. The Morgan fingerprint density at radius 2 is 1.82 bits per heavy atom. The van der Waals surface area contributed by atoms with Crippen molar-refractivity contribution in [2.24, 2.45) is 0 Å². The Bertz CT molecular complexity index is 1190. The van der Waals surface area contributed by atoms with Crippen LogP contribution in [0.15, 0.2) is 67.1 Å². The zero-order valence-electron chi connectivity index (χ0n) is 19.2. The standard InChI is InChI=1S/C24H22F2N4O2.C2H6/c25-18-11-19(26)13-20(12-18)30-15-22(23(28-30)17-5-7-27-14-17)24-29(9-10-32-24)8-6-16-1-3-21(31)4-2-16;1-2/h1-5,7,11-15,24,27,31H,6,8-10H2;1-2H3. The van der Waals surface area contributed by atoms with Gasteiger partial charge in [-0.25, -0.2) is 13.5 Å². The summed E-state index contributed by atoms with van der Waals surface area (Å²) in [5.74, 6) is -1.07. The van der Waals surface area contributed by atoms with E-state index in [1.54, 1.807) is 24.5 Å². The van der Waals surface area contributed by atoms with Gasteiger partial charge in [0.25, 0.3) is 0 Å². The molecule has 1 fully saturated rings. The van der Waals surface area contributed by atoms with Gasteiger partial charge in [0.05, 0.1) is 12.3 Å². The van der Waals surface area contributed by atoms with Crippen LogP contribution in [0.3, 0.4) is 0 Å². The molecule has 5 rings (SSSR count). The molecule has 2 aromatic heterocycles. The molecule has 1 aliphatic rings. The van der Waals surface area contributed by atoms with Gasteiger partial charge < -0.3 is 14.8 Å². The van der Waals surface area contributed by atoms with Crippen LogP contribution in [0.5, 0.6) is 5.75 Å². The molecule has 1 saturated heterocycles. The van der Waals surface area contributed by atoms with Crippen molar-refractivity contribution >= 4 is 0 Å². The highest BCUT2D eigenvalue weighted by Crippen LogP contribution is 2.35. The molecule has 3 heterocycles. The van der Waals surface area contributed by atoms with Crippen molar-refractivity contribution in [3.8, 4) is 22.7 Å². The number of nitrogens with zero attached hydrogens (tertiary/aromatic N) is 3. The minimum absolute atomic E-state index is 0.244. The third kappa shape index (κ3) is 5.18. The van der Waals surface area contributed by atoms with Gasteiger partial charge in [-0.15, -0.1) is 0 Å². The minimum Gasteiger partial charge on any atom is -0.508 e. The number of nitrogens with one attached hydrogen (secondary N) is 1. The van der Waals surface area contributed by atoms with Crippen molar-refractivity contribution in [1.82, 2.24) is 19.7 Å². The van der Waals surface area contributed by atoms with Crippen molar-refractivity contribution in [3.05, 3.63) is 89.9 Å². The van der Waals surface area contributed by atoms with E-state index in [2.05, 4.69) is 15.0 Å². The SMILES string of the molecule is CC.Oc1ccc(CCN2CCOC2c2cn(-c3cc(F)cc(F)c3)nc2-c2cc[nH]c2)cc1. The number of hydrogen-bond acceptors (Lipinski definition) is 4. The van der Waals surface area contributed by atoms with E-state index >= 15 is 0 Å². The normalized spacial score (nSPS) is 15.8. The molecule has 34 heavy (non-hydrogen) atoms. The fourth-order valence-corrected chi connectivity index (χ4v) is 4.02. The van der Waals surface area contributed by atoms with Crippen LogP contribution in [-0.4, -0.2) is 44.5 Å². The zero-order chi connectivity index (χ0) is 24.1. The van der Waals surface area contributed by atoms with Crippen LogP contribution < -0.4 is 0 Å². The predicted molar refractivity (Wildman–Crippen MR) is 127 cm³/mol. The van der Waals surface area contributed by atoms with Crippen LogP contribution in [0, 0.1) is 11.6 Å². The van der Waals surface area contributed by atoms with Crippen molar-refractivity contribution in [1.29, 1.82) is 0 Å². The molecule has 0 saturated carbocycles. The molecule has 2 aromatic carbocycles. The average molecular weight is 467 g/mol.